The first-order valence-electron chi connectivity index (χ1n) is 17.9. The van der Waals surface area contributed by atoms with Crippen molar-refractivity contribution in [2.24, 2.45) is 5.92 Å². The first kappa shape index (κ1) is 33.1. The standard InChI is InChI=1S/C41H47N3O5/c1-41(2,3)49-36(45)17-14-26-9-7-10-27(21-26)22-30-15-16-32-37-39(30)48-35-24-29-12-6-5-11-28(29)23-34(35)44(37)25-33(38(32)46)40(47)42-19-18-31-13-8-20-43(31)4/h5-6,11-12,15-16,22-26,31H,7-10,13-14,17-21H2,1-4H3,(H,42,47). The summed E-state index contributed by atoms with van der Waals surface area (Å²) in [5.74, 6) is 1.21. The highest BCUT2D eigenvalue weighted by molar-refractivity contribution is 6.01. The summed E-state index contributed by atoms with van der Waals surface area (Å²) in [4.78, 5) is 42.3. The van der Waals surface area contributed by atoms with E-state index >= 15 is 0 Å². The van der Waals surface area contributed by atoms with Gasteiger partial charge in [-0.1, -0.05) is 42.0 Å². The normalized spacial score (nSPS) is 20.0. The van der Waals surface area contributed by atoms with Crippen LogP contribution < -0.4 is 15.5 Å². The Morgan fingerprint density at radius 3 is 2.59 bits per heavy atom. The number of nitrogens with zero attached hydrogens (tertiary/aromatic N) is 2. The molecular weight excluding hydrogens is 614 g/mol. The zero-order valence-corrected chi connectivity index (χ0v) is 29.1. The molecule has 3 aromatic carbocycles. The van der Waals surface area contributed by atoms with Crippen LogP contribution in [0.25, 0.3) is 33.4 Å². The second-order valence-corrected chi connectivity index (χ2v) is 15.1. The van der Waals surface area contributed by atoms with Gasteiger partial charge in [0.25, 0.3) is 5.91 Å². The number of ether oxygens (including phenoxy) is 2. The summed E-state index contributed by atoms with van der Waals surface area (Å²) in [6.07, 6.45) is 12.3. The maximum absolute atomic E-state index is 14.0. The van der Waals surface area contributed by atoms with Crippen molar-refractivity contribution in [3.63, 3.8) is 0 Å². The van der Waals surface area contributed by atoms with Crippen LogP contribution in [0.4, 0.5) is 0 Å². The predicted octanol–water partition coefficient (Wildman–Crippen LogP) is 8.16. The van der Waals surface area contributed by atoms with Gasteiger partial charge in [-0.15, -0.1) is 0 Å². The molecule has 1 aliphatic carbocycles. The minimum absolute atomic E-state index is 0.130. The fourth-order valence-corrected chi connectivity index (χ4v) is 7.86. The second-order valence-electron chi connectivity index (χ2n) is 15.1. The molecule has 7 rings (SSSR count). The van der Waals surface area contributed by atoms with Gasteiger partial charge >= 0.3 is 5.97 Å². The first-order valence-corrected chi connectivity index (χ1v) is 17.9. The van der Waals surface area contributed by atoms with Gasteiger partial charge in [0, 0.05) is 30.8 Å². The fourth-order valence-electron chi connectivity index (χ4n) is 7.86. The summed E-state index contributed by atoms with van der Waals surface area (Å²) in [6.45, 7) is 7.30. The van der Waals surface area contributed by atoms with Crippen molar-refractivity contribution >= 4 is 39.6 Å². The summed E-state index contributed by atoms with van der Waals surface area (Å²) in [5, 5.41) is 5.59. The molecule has 1 amide bonds. The number of nitrogens with one attached hydrogen (secondary N) is 1. The van der Waals surface area contributed by atoms with E-state index in [9.17, 15) is 14.4 Å². The van der Waals surface area contributed by atoms with E-state index in [1.165, 1.54) is 12.0 Å². The van der Waals surface area contributed by atoms with Crippen LogP contribution in [0.3, 0.4) is 0 Å². The minimum Gasteiger partial charge on any atom is -0.460 e. The summed E-state index contributed by atoms with van der Waals surface area (Å²) in [7, 11) is 2.13. The van der Waals surface area contributed by atoms with Gasteiger partial charge < -0.3 is 24.3 Å². The van der Waals surface area contributed by atoms with Crippen LogP contribution in [0, 0.1) is 5.92 Å². The first-order chi connectivity index (χ1) is 23.5. The number of fused-ring (bicyclic) bond motifs is 3. The average molecular weight is 662 g/mol. The lowest BCUT2D eigenvalue weighted by Crippen LogP contribution is -2.34. The molecule has 3 aliphatic rings. The molecule has 49 heavy (non-hydrogen) atoms. The zero-order valence-electron chi connectivity index (χ0n) is 29.1. The van der Waals surface area contributed by atoms with Crippen molar-refractivity contribution in [1.29, 1.82) is 0 Å². The van der Waals surface area contributed by atoms with Crippen molar-refractivity contribution < 1.29 is 19.1 Å². The topological polar surface area (TPSA) is 89.9 Å². The van der Waals surface area contributed by atoms with E-state index < -0.39 is 5.60 Å². The van der Waals surface area contributed by atoms with E-state index in [-0.39, 0.29) is 22.9 Å². The van der Waals surface area contributed by atoms with E-state index in [0.29, 0.717) is 47.3 Å². The van der Waals surface area contributed by atoms with Gasteiger partial charge in [0.05, 0.1) is 11.1 Å². The lowest BCUT2D eigenvalue weighted by Gasteiger charge is -2.27. The summed E-state index contributed by atoms with van der Waals surface area (Å²) in [6, 6.07) is 16.5. The Bertz CT molecular complexity index is 2020. The molecule has 8 nitrogen and oxygen atoms in total. The maximum atomic E-state index is 14.0. The Kier molecular flexibility index (Phi) is 9.09. The molecule has 0 bridgehead atoms. The van der Waals surface area contributed by atoms with Gasteiger partial charge in [-0.25, -0.2) is 0 Å². The van der Waals surface area contributed by atoms with Crippen LogP contribution in [0.15, 0.2) is 65.1 Å². The number of aromatic nitrogens is 1. The lowest BCUT2D eigenvalue weighted by atomic mass is 9.82. The number of hydrogen-bond acceptors (Lipinski definition) is 6. The van der Waals surface area contributed by atoms with Gasteiger partial charge in [-0.05, 0) is 121 Å². The number of benzene rings is 3. The van der Waals surface area contributed by atoms with Crippen molar-refractivity contribution in [2.45, 2.75) is 90.2 Å². The Morgan fingerprint density at radius 2 is 1.84 bits per heavy atom. The lowest BCUT2D eigenvalue weighted by molar-refractivity contribution is -0.155. The van der Waals surface area contributed by atoms with Crippen molar-refractivity contribution in [3.05, 3.63) is 81.7 Å². The molecule has 2 atom stereocenters. The number of rotatable bonds is 8. The number of allylic oxidation sites excluding steroid dienone is 1. The third kappa shape index (κ3) is 7.02. The second kappa shape index (κ2) is 13.5. The Morgan fingerprint density at radius 1 is 1.04 bits per heavy atom. The van der Waals surface area contributed by atoms with Crippen LogP contribution in [-0.4, -0.2) is 53.1 Å². The van der Waals surface area contributed by atoms with Gasteiger partial charge in [-0.2, -0.15) is 0 Å². The van der Waals surface area contributed by atoms with Crippen LogP contribution in [-0.2, 0) is 9.53 Å². The molecule has 3 heterocycles. The molecule has 8 heteroatoms. The number of amides is 1. The third-order valence-corrected chi connectivity index (χ3v) is 10.3. The molecule has 0 spiro atoms. The zero-order chi connectivity index (χ0) is 34.3. The van der Waals surface area contributed by atoms with E-state index in [4.69, 9.17) is 9.47 Å². The fraction of sp³-hybridized carbons (Fsp3) is 0.439. The maximum Gasteiger partial charge on any atom is 0.306 e. The highest BCUT2D eigenvalue weighted by Crippen LogP contribution is 2.45. The average Bonchev–Trinajstić information content (AvgIpc) is 3.48. The number of pyridine rings is 1. The molecule has 2 aliphatic heterocycles. The van der Waals surface area contributed by atoms with E-state index in [1.807, 2.05) is 55.7 Å². The number of esters is 1. The number of carbonyl (C=O) groups excluding carboxylic acids is 2. The quantitative estimate of drug-likeness (QED) is 0.169. The minimum atomic E-state index is -0.477. The van der Waals surface area contributed by atoms with Crippen LogP contribution in [0.2, 0.25) is 0 Å². The molecule has 1 aromatic heterocycles. The summed E-state index contributed by atoms with van der Waals surface area (Å²) < 4.78 is 14.2. The highest BCUT2D eigenvalue weighted by atomic mass is 16.6. The molecule has 2 unspecified atom stereocenters. The van der Waals surface area contributed by atoms with Gasteiger partial charge in [0.2, 0.25) is 5.43 Å². The largest absolute Gasteiger partial charge is 0.460 e. The van der Waals surface area contributed by atoms with E-state index in [2.05, 4.69) is 41.5 Å². The van der Waals surface area contributed by atoms with Crippen LogP contribution >= 0.6 is 0 Å². The smallest absolute Gasteiger partial charge is 0.306 e. The predicted molar refractivity (Wildman–Crippen MR) is 195 cm³/mol. The Labute approximate surface area is 288 Å². The Hall–Kier alpha value is -4.43. The molecule has 256 valence electrons. The molecular formula is C41H47N3O5. The van der Waals surface area contributed by atoms with Crippen molar-refractivity contribution in [3.8, 4) is 17.2 Å². The molecule has 0 radical (unpaired) electrons. The number of likely N-dealkylation sites (tertiary alicyclic amines) is 1. The molecule has 4 aromatic rings. The molecule has 2 fully saturated rings. The van der Waals surface area contributed by atoms with E-state index in [1.54, 1.807) is 6.20 Å². The number of hydrogen-bond donors (Lipinski definition) is 1. The van der Waals surface area contributed by atoms with Crippen molar-refractivity contribution in [1.82, 2.24) is 14.8 Å². The molecule has 1 saturated heterocycles. The van der Waals surface area contributed by atoms with Crippen LogP contribution in [0.1, 0.15) is 94.5 Å². The third-order valence-electron chi connectivity index (χ3n) is 10.3. The highest BCUT2D eigenvalue weighted by Gasteiger charge is 2.28. The monoisotopic (exact) mass is 661 g/mol. The summed E-state index contributed by atoms with van der Waals surface area (Å²) in [5.41, 5.74) is 3.03. The SMILES string of the molecule is CN1CCCC1CCNC(=O)c1cn2c3c(c(C=C4CCCC(CCC(=O)OC(C)(C)C)C4)ccc3c1=O)Oc1cc3ccccc3cc1-2. The number of carbonyl (C=O) groups is 2. The molecule has 1 saturated carbocycles. The van der Waals surface area contributed by atoms with Gasteiger partial charge in [0.15, 0.2) is 11.5 Å². The van der Waals surface area contributed by atoms with Crippen LogP contribution in [0.5, 0.6) is 11.5 Å². The summed E-state index contributed by atoms with van der Waals surface area (Å²) >= 11 is 0. The van der Waals surface area contributed by atoms with Gasteiger partial charge in [-0.3, -0.25) is 14.4 Å². The molecule has 1 N–H and O–H groups in total. The van der Waals surface area contributed by atoms with Gasteiger partial charge in [0.1, 0.15) is 16.7 Å². The van der Waals surface area contributed by atoms with E-state index in [0.717, 1.165) is 73.5 Å². The Balaban J connectivity index is 1.23. The van der Waals surface area contributed by atoms with Crippen molar-refractivity contribution in [2.75, 3.05) is 20.1 Å².